The number of aliphatic hydroxyl groups excluding tert-OH is 1. The molecule has 0 aliphatic carbocycles. The third-order valence-corrected chi connectivity index (χ3v) is 3.72. The average Bonchev–Trinajstić information content (AvgIpc) is 2.31. The Morgan fingerprint density at radius 2 is 1.50 bits per heavy atom. The molecule has 0 aromatic rings. The number of aliphatic hydroxyl groups is 1. The number of alkyl halides is 1. The standard InChI is InChI=1S/C13H28BrNO/c1-13(12-16)15(2)11-9-7-5-3-4-6-8-10-14/h13,16H,3-12H2,1-2H3. The first-order valence-electron chi connectivity index (χ1n) is 6.59. The molecule has 0 saturated heterocycles. The minimum Gasteiger partial charge on any atom is -0.395 e. The first kappa shape index (κ1) is 16.4. The molecule has 1 N–H and O–H groups in total. The quantitative estimate of drug-likeness (QED) is 0.466. The highest BCUT2D eigenvalue weighted by Gasteiger charge is 2.05. The van der Waals surface area contributed by atoms with Crippen LogP contribution in [-0.2, 0) is 0 Å². The summed E-state index contributed by atoms with van der Waals surface area (Å²) in [6.45, 7) is 3.45. The normalized spacial score (nSPS) is 13.3. The van der Waals surface area contributed by atoms with Crippen LogP contribution < -0.4 is 0 Å². The highest BCUT2D eigenvalue weighted by atomic mass is 79.9. The molecule has 3 heteroatoms. The molecule has 0 spiro atoms. The molecule has 16 heavy (non-hydrogen) atoms. The van der Waals surface area contributed by atoms with Gasteiger partial charge in [-0.25, -0.2) is 0 Å². The molecule has 0 fully saturated rings. The van der Waals surface area contributed by atoms with Gasteiger partial charge < -0.3 is 10.0 Å². The molecule has 0 aliphatic rings. The molecule has 0 saturated carbocycles. The number of hydrogen-bond donors (Lipinski definition) is 1. The maximum Gasteiger partial charge on any atom is 0.0584 e. The van der Waals surface area contributed by atoms with Crippen molar-refractivity contribution in [1.82, 2.24) is 4.90 Å². The minimum absolute atomic E-state index is 0.267. The third kappa shape index (κ3) is 9.61. The first-order chi connectivity index (χ1) is 7.72. The molecule has 1 unspecified atom stereocenters. The van der Waals surface area contributed by atoms with Crippen molar-refractivity contribution in [3.05, 3.63) is 0 Å². The molecule has 0 heterocycles. The van der Waals surface area contributed by atoms with Crippen molar-refractivity contribution >= 4 is 15.9 Å². The van der Waals surface area contributed by atoms with Gasteiger partial charge in [-0.15, -0.1) is 0 Å². The van der Waals surface area contributed by atoms with Crippen molar-refractivity contribution in [2.24, 2.45) is 0 Å². The monoisotopic (exact) mass is 293 g/mol. The van der Waals surface area contributed by atoms with Gasteiger partial charge in [0.05, 0.1) is 6.61 Å². The second kappa shape index (κ2) is 11.9. The summed E-state index contributed by atoms with van der Waals surface area (Å²) in [4.78, 5) is 2.24. The highest BCUT2D eigenvalue weighted by molar-refractivity contribution is 9.09. The fraction of sp³-hybridized carbons (Fsp3) is 1.00. The molecule has 0 rings (SSSR count). The fourth-order valence-electron chi connectivity index (χ4n) is 1.70. The Labute approximate surface area is 110 Å². The predicted octanol–water partition coefficient (Wildman–Crippen LogP) is 3.42. The molecular formula is C13H28BrNO. The van der Waals surface area contributed by atoms with E-state index >= 15 is 0 Å². The maximum absolute atomic E-state index is 8.98. The number of hydrogen-bond acceptors (Lipinski definition) is 2. The Balaban J connectivity index is 3.14. The largest absolute Gasteiger partial charge is 0.395 e. The van der Waals surface area contributed by atoms with Crippen LogP contribution in [0.5, 0.6) is 0 Å². The van der Waals surface area contributed by atoms with Gasteiger partial charge in [-0.2, -0.15) is 0 Å². The van der Waals surface area contributed by atoms with Crippen LogP contribution in [0.3, 0.4) is 0 Å². The van der Waals surface area contributed by atoms with Crippen LogP contribution >= 0.6 is 15.9 Å². The van der Waals surface area contributed by atoms with Crippen LogP contribution in [0.2, 0.25) is 0 Å². The van der Waals surface area contributed by atoms with E-state index in [1.54, 1.807) is 0 Å². The lowest BCUT2D eigenvalue weighted by Crippen LogP contribution is -2.32. The SMILES string of the molecule is CC(CO)N(C)CCCCCCCCCBr. The summed E-state index contributed by atoms with van der Waals surface area (Å²) in [6, 6.07) is 0.305. The summed E-state index contributed by atoms with van der Waals surface area (Å²) < 4.78 is 0. The predicted molar refractivity (Wildman–Crippen MR) is 75.3 cm³/mol. The van der Waals surface area contributed by atoms with E-state index in [1.807, 2.05) is 0 Å². The van der Waals surface area contributed by atoms with Crippen molar-refractivity contribution in [2.45, 2.75) is 57.9 Å². The van der Waals surface area contributed by atoms with Crippen LogP contribution in [0, 0.1) is 0 Å². The Bertz CT molecular complexity index is 144. The van der Waals surface area contributed by atoms with Gasteiger partial charge in [0.2, 0.25) is 0 Å². The van der Waals surface area contributed by atoms with Gasteiger partial charge in [-0.3, -0.25) is 0 Å². The molecular weight excluding hydrogens is 266 g/mol. The summed E-state index contributed by atoms with van der Waals surface area (Å²) in [5, 5.41) is 10.1. The second-order valence-electron chi connectivity index (χ2n) is 4.68. The summed E-state index contributed by atoms with van der Waals surface area (Å²) in [6.07, 6.45) is 9.41. The number of halogens is 1. The molecule has 0 aliphatic heterocycles. The molecule has 0 aromatic heterocycles. The van der Waals surface area contributed by atoms with Gasteiger partial charge in [-0.1, -0.05) is 48.0 Å². The van der Waals surface area contributed by atoms with Crippen LogP contribution in [-0.4, -0.2) is 41.6 Å². The fourth-order valence-corrected chi connectivity index (χ4v) is 2.10. The molecule has 98 valence electrons. The lowest BCUT2D eigenvalue weighted by Gasteiger charge is -2.22. The molecule has 0 bridgehead atoms. The number of nitrogens with zero attached hydrogens (tertiary/aromatic N) is 1. The zero-order chi connectivity index (χ0) is 12.2. The number of unbranched alkanes of at least 4 members (excludes halogenated alkanes) is 6. The topological polar surface area (TPSA) is 23.5 Å². The lowest BCUT2D eigenvalue weighted by atomic mass is 10.1. The van der Waals surface area contributed by atoms with Crippen molar-refractivity contribution in [2.75, 3.05) is 25.5 Å². The van der Waals surface area contributed by atoms with Gasteiger partial charge in [0, 0.05) is 11.4 Å². The van der Waals surface area contributed by atoms with Crippen LogP contribution in [0.1, 0.15) is 51.9 Å². The van der Waals surface area contributed by atoms with Gasteiger partial charge in [-0.05, 0) is 33.4 Å². The molecule has 0 aromatic carbocycles. The average molecular weight is 294 g/mol. The lowest BCUT2D eigenvalue weighted by molar-refractivity contribution is 0.157. The van der Waals surface area contributed by atoms with Gasteiger partial charge in [0.25, 0.3) is 0 Å². The molecule has 1 atom stereocenters. The van der Waals surface area contributed by atoms with Crippen LogP contribution in [0.15, 0.2) is 0 Å². The molecule has 0 radical (unpaired) electrons. The molecule has 0 amide bonds. The zero-order valence-corrected chi connectivity index (χ0v) is 12.5. The first-order valence-corrected chi connectivity index (χ1v) is 7.71. The van der Waals surface area contributed by atoms with Crippen LogP contribution in [0.25, 0.3) is 0 Å². The van der Waals surface area contributed by atoms with Crippen molar-refractivity contribution in [3.8, 4) is 0 Å². The Morgan fingerprint density at radius 1 is 1.00 bits per heavy atom. The third-order valence-electron chi connectivity index (χ3n) is 3.16. The van der Waals surface area contributed by atoms with E-state index in [4.69, 9.17) is 5.11 Å². The summed E-state index contributed by atoms with van der Waals surface area (Å²) in [7, 11) is 2.09. The van der Waals surface area contributed by atoms with E-state index in [1.165, 1.54) is 44.9 Å². The van der Waals surface area contributed by atoms with E-state index in [0.29, 0.717) is 6.04 Å². The smallest absolute Gasteiger partial charge is 0.0584 e. The van der Waals surface area contributed by atoms with Gasteiger partial charge in [0.15, 0.2) is 0 Å². The highest BCUT2D eigenvalue weighted by Crippen LogP contribution is 2.08. The van der Waals surface area contributed by atoms with Crippen LogP contribution in [0.4, 0.5) is 0 Å². The zero-order valence-electron chi connectivity index (χ0n) is 10.9. The Morgan fingerprint density at radius 3 is 2.00 bits per heavy atom. The molecule has 2 nitrogen and oxygen atoms in total. The Kier molecular flexibility index (Phi) is 12.2. The van der Waals surface area contributed by atoms with E-state index < -0.39 is 0 Å². The van der Waals surface area contributed by atoms with Crippen molar-refractivity contribution in [3.63, 3.8) is 0 Å². The van der Waals surface area contributed by atoms with E-state index in [0.717, 1.165) is 11.9 Å². The number of rotatable bonds is 11. The summed E-state index contributed by atoms with van der Waals surface area (Å²) >= 11 is 3.45. The van der Waals surface area contributed by atoms with Gasteiger partial charge >= 0.3 is 0 Å². The Hall–Kier alpha value is 0.400. The van der Waals surface area contributed by atoms with E-state index in [2.05, 4.69) is 34.8 Å². The second-order valence-corrected chi connectivity index (χ2v) is 5.47. The van der Waals surface area contributed by atoms with Crippen molar-refractivity contribution in [1.29, 1.82) is 0 Å². The van der Waals surface area contributed by atoms with Crippen molar-refractivity contribution < 1.29 is 5.11 Å². The van der Waals surface area contributed by atoms with E-state index in [-0.39, 0.29) is 6.61 Å². The number of likely N-dealkylation sites (N-methyl/N-ethyl adjacent to an activating group) is 1. The van der Waals surface area contributed by atoms with Gasteiger partial charge in [0.1, 0.15) is 0 Å². The maximum atomic E-state index is 8.98. The summed E-state index contributed by atoms with van der Waals surface area (Å²) in [5.41, 5.74) is 0. The minimum atomic E-state index is 0.267. The van der Waals surface area contributed by atoms with E-state index in [9.17, 15) is 0 Å². The summed E-state index contributed by atoms with van der Waals surface area (Å²) in [5.74, 6) is 0.